The molecular formula is C13H9BrN2O6. The Morgan fingerprint density at radius 2 is 1.68 bits per heavy atom. The normalized spacial score (nSPS) is 10.4. The van der Waals surface area contributed by atoms with Crippen molar-refractivity contribution in [2.75, 3.05) is 0 Å². The Bertz CT molecular complexity index is 777. The zero-order chi connectivity index (χ0) is 16.4. The van der Waals surface area contributed by atoms with E-state index in [4.69, 9.17) is 0 Å². The summed E-state index contributed by atoms with van der Waals surface area (Å²) in [7, 11) is 0. The molecule has 2 N–H and O–H groups in total. The molecule has 0 aliphatic rings. The molecule has 2 aromatic rings. The Balaban J connectivity index is 2.56. The smallest absolute Gasteiger partial charge is 0.317 e. The molecule has 2 aromatic carbocycles. The van der Waals surface area contributed by atoms with Gasteiger partial charge in [0.15, 0.2) is 5.75 Å². The number of phenolic OH excluding ortho intramolecular Hbond substituents is 2. The Labute approximate surface area is 132 Å². The molecule has 0 radical (unpaired) electrons. The molecule has 0 amide bonds. The van der Waals surface area contributed by atoms with Gasteiger partial charge in [0.25, 0.3) is 5.69 Å². The van der Waals surface area contributed by atoms with Gasteiger partial charge in [-0.25, -0.2) is 0 Å². The first-order valence-corrected chi connectivity index (χ1v) is 6.71. The highest BCUT2D eigenvalue weighted by molar-refractivity contribution is 9.10. The first-order chi connectivity index (χ1) is 10.3. The van der Waals surface area contributed by atoms with Gasteiger partial charge in [0.2, 0.25) is 0 Å². The van der Waals surface area contributed by atoms with Crippen LogP contribution >= 0.6 is 15.9 Å². The number of benzene rings is 2. The standard InChI is InChI=1S/C13H9BrN2O6/c14-9-1-2-12(17)7(4-9)3-8-5-10(15(19)20)6-11(13(8)18)16(21)22/h1-2,4-6,17-18H,3H2. The number of rotatable bonds is 4. The van der Waals surface area contributed by atoms with Crippen molar-refractivity contribution in [3.05, 3.63) is 66.2 Å². The lowest BCUT2D eigenvalue weighted by Crippen LogP contribution is -1.98. The molecule has 114 valence electrons. The predicted octanol–water partition coefficient (Wildman–Crippen LogP) is 3.27. The lowest BCUT2D eigenvalue weighted by molar-refractivity contribution is -0.394. The zero-order valence-corrected chi connectivity index (χ0v) is 12.5. The lowest BCUT2D eigenvalue weighted by atomic mass is 10.0. The second-order valence-electron chi connectivity index (χ2n) is 4.44. The average Bonchev–Trinajstić information content (AvgIpc) is 2.44. The largest absolute Gasteiger partial charge is 0.508 e. The van der Waals surface area contributed by atoms with Crippen molar-refractivity contribution in [2.24, 2.45) is 0 Å². The van der Waals surface area contributed by atoms with Crippen molar-refractivity contribution in [2.45, 2.75) is 6.42 Å². The van der Waals surface area contributed by atoms with Gasteiger partial charge in [-0.05, 0) is 23.8 Å². The van der Waals surface area contributed by atoms with E-state index in [0.717, 1.165) is 6.07 Å². The number of hydrogen-bond acceptors (Lipinski definition) is 6. The van der Waals surface area contributed by atoms with Crippen LogP contribution in [0.1, 0.15) is 11.1 Å². The molecule has 9 heteroatoms. The number of nitro groups is 2. The topological polar surface area (TPSA) is 127 Å². The van der Waals surface area contributed by atoms with Crippen LogP contribution in [0.4, 0.5) is 11.4 Å². The zero-order valence-electron chi connectivity index (χ0n) is 10.9. The highest BCUT2D eigenvalue weighted by Gasteiger charge is 2.24. The van der Waals surface area contributed by atoms with Crippen molar-refractivity contribution < 1.29 is 20.1 Å². The number of phenols is 2. The fourth-order valence-electron chi connectivity index (χ4n) is 1.94. The summed E-state index contributed by atoms with van der Waals surface area (Å²) in [6, 6.07) is 6.29. The Morgan fingerprint density at radius 3 is 2.27 bits per heavy atom. The molecule has 22 heavy (non-hydrogen) atoms. The van der Waals surface area contributed by atoms with Gasteiger partial charge in [-0.1, -0.05) is 15.9 Å². The molecule has 0 aliphatic heterocycles. The summed E-state index contributed by atoms with van der Waals surface area (Å²) in [4.78, 5) is 20.1. The van der Waals surface area contributed by atoms with Gasteiger partial charge in [-0.15, -0.1) is 0 Å². The van der Waals surface area contributed by atoms with Crippen LogP contribution < -0.4 is 0 Å². The van der Waals surface area contributed by atoms with E-state index in [1.54, 1.807) is 12.1 Å². The van der Waals surface area contributed by atoms with Crippen LogP contribution in [0.25, 0.3) is 0 Å². The number of nitrogens with zero attached hydrogens (tertiary/aromatic N) is 2. The summed E-state index contributed by atoms with van der Waals surface area (Å²) in [5.74, 6) is -0.744. The van der Waals surface area contributed by atoms with Crippen LogP contribution in [0.3, 0.4) is 0 Å². The number of aromatic hydroxyl groups is 2. The van der Waals surface area contributed by atoms with Gasteiger partial charge < -0.3 is 10.2 Å². The monoisotopic (exact) mass is 368 g/mol. The molecule has 0 saturated carbocycles. The summed E-state index contributed by atoms with van der Waals surface area (Å²) < 4.78 is 0.653. The maximum absolute atomic E-state index is 10.9. The van der Waals surface area contributed by atoms with Crippen LogP contribution in [0.15, 0.2) is 34.8 Å². The van der Waals surface area contributed by atoms with Crippen LogP contribution in [0.5, 0.6) is 11.5 Å². The number of non-ortho nitro benzene ring substituents is 1. The van der Waals surface area contributed by atoms with E-state index in [1.165, 1.54) is 6.07 Å². The van der Waals surface area contributed by atoms with Gasteiger partial charge in [-0.3, -0.25) is 20.2 Å². The fraction of sp³-hybridized carbons (Fsp3) is 0.0769. The quantitative estimate of drug-likeness (QED) is 0.629. The summed E-state index contributed by atoms with van der Waals surface area (Å²) in [6.07, 6.45) is -0.0976. The van der Waals surface area contributed by atoms with Crippen LogP contribution in [0, 0.1) is 20.2 Å². The first-order valence-electron chi connectivity index (χ1n) is 5.91. The number of hydrogen-bond donors (Lipinski definition) is 2. The van der Waals surface area contributed by atoms with E-state index in [1.807, 2.05) is 0 Å². The van der Waals surface area contributed by atoms with E-state index in [2.05, 4.69) is 15.9 Å². The van der Waals surface area contributed by atoms with Gasteiger partial charge in [-0.2, -0.15) is 0 Å². The van der Waals surface area contributed by atoms with E-state index in [-0.39, 0.29) is 17.7 Å². The maximum Gasteiger partial charge on any atom is 0.317 e. The van der Waals surface area contributed by atoms with Crippen molar-refractivity contribution in [3.63, 3.8) is 0 Å². The van der Waals surface area contributed by atoms with Gasteiger partial charge in [0.1, 0.15) is 5.75 Å². The van der Waals surface area contributed by atoms with E-state index in [9.17, 15) is 30.4 Å². The van der Waals surface area contributed by atoms with Gasteiger partial charge in [0.05, 0.1) is 15.9 Å². The van der Waals surface area contributed by atoms with Gasteiger partial charge in [0, 0.05) is 22.5 Å². The van der Waals surface area contributed by atoms with E-state index < -0.39 is 27.0 Å². The molecule has 0 spiro atoms. The van der Waals surface area contributed by atoms with Gasteiger partial charge >= 0.3 is 5.69 Å². The molecule has 0 unspecified atom stereocenters. The molecule has 0 atom stereocenters. The third-order valence-electron chi connectivity index (χ3n) is 2.98. The molecule has 2 rings (SSSR count). The molecule has 0 aromatic heterocycles. The molecule has 0 fully saturated rings. The number of halogens is 1. The van der Waals surface area contributed by atoms with Crippen molar-refractivity contribution in [3.8, 4) is 11.5 Å². The van der Waals surface area contributed by atoms with Crippen LogP contribution in [-0.2, 0) is 6.42 Å². The molecule has 0 saturated heterocycles. The Morgan fingerprint density at radius 1 is 1.00 bits per heavy atom. The highest BCUT2D eigenvalue weighted by Crippen LogP contribution is 2.36. The average molecular weight is 369 g/mol. The maximum atomic E-state index is 10.9. The van der Waals surface area contributed by atoms with E-state index in [0.29, 0.717) is 16.1 Å². The summed E-state index contributed by atoms with van der Waals surface area (Å²) in [6.45, 7) is 0. The highest BCUT2D eigenvalue weighted by atomic mass is 79.9. The SMILES string of the molecule is O=[N+]([O-])c1cc(Cc2cc(Br)ccc2O)c(O)c([N+](=O)[O-])c1. The molecular weight excluding hydrogens is 360 g/mol. The first kappa shape index (κ1) is 15.7. The lowest BCUT2D eigenvalue weighted by Gasteiger charge is -2.08. The summed E-state index contributed by atoms with van der Waals surface area (Å²) in [5.41, 5.74) is -0.915. The number of nitro benzene ring substituents is 2. The van der Waals surface area contributed by atoms with Crippen LogP contribution in [-0.4, -0.2) is 20.1 Å². The van der Waals surface area contributed by atoms with Crippen LogP contribution in [0.2, 0.25) is 0 Å². The minimum Gasteiger partial charge on any atom is -0.508 e. The van der Waals surface area contributed by atoms with Crippen molar-refractivity contribution >= 4 is 27.3 Å². The minimum atomic E-state index is -0.896. The van der Waals surface area contributed by atoms with Crippen molar-refractivity contribution in [1.29, 1.82) is 0 Å². The third kappa shape index (κ3) is 3.14. The Hall–Kier alpha value is -2.68. The molecule has 0 bridgehead atoms. The minimum absolute atomic E-state index is 0.0192. The van der Waals surface area contributed by atoms with Crippen molar-refractivity contribution in [1.82, 2.24) is 0 Å². The third-order valence-corrected chi connectivity index (χ3v) is 3.48. The van der Waals surface area contributed by atoms with E-state index >= 15 is 0 Å². The molecule has 8 nitrogen and oxygen atoms in total. The summed E-state index contributed by atoms with van der Waals surface area (Å²) >= 11 is 3.21. The second kappa shape index (κ2) is 5.98. The second-order valence-corrected chi connectivity index (χ2v) is 5.35. The summed E-state index contributed by atoms with van der Waals surface area (Å²) in [5, 5.41) is 41.4. The fourth-order valence-corrected chi connectivity index (χ4v) is 2.35. The predicted molar refractivity (Wildman–Crippen MR) is 80.0 cm³/mol. The Kier molecular flexibility index (Phi) is 4.27. The molecule has 0 heterocycles. The molecule has 0 aliphatic carbocycles.